The van der Waals surface area contributed by atoms with Crippen molar-refractivity contribution in [3.63, 3.8) is 0 Å². The van der Waals surface area contributed by atoms with E-state index in [2.05, 4.69) is 0 Å². The second-order valence-corrected chi connectivity index (χ2v) is 5.29. The summed E-state index contributed by atoms with van der Waals surface area (Å²) in [6.45, 7) is 0. The van der Waals surface area contributed by atoms with Crippen LogP contribution in [0.4, 0.5) is 39.5 Å². The Hall–Kier alpha value is -0.940. The fraction of sp³-hybridized carbons (Fsp3) is 0.333. The van der Waals surface area contributed by atoms with Crippen LogP contribution in [0.25, 0.3) is 3.58 Å². The summed E-state index contributed by atoms with van der Waals surface area (Å²) in [5.74, 6) is -19.2. The van der Waals surface area contributed by atoms with Crippen molar-refractivity contribution in [2.75, 3.05) is 0 Å². The number of hydrogen-bond acceptors (Lipinski definition) is 0. The summed E-state index contributed by atoms with van der Waals surface area (Å²) >= 11 is 1.14. The molecular weight excluding hydrogens is 442 g/mol. The summed E-state index contributed by atoms with van der Waals surface area (Å²) in [5, 5.41) is 0. The van der Waals surface area contributed by atoms with Crippen molar-refractivity contribution in [2.24, 2.45) is 0 Å². The van der Waals surface area contributed by atoms with Gasteiger partial charge in [0.05, 0.1) is 0 Å². The highest BCUT2D eigenvalue weighted by Crippen LogP contribution is 2.54. The maximum Gasteiger partial charge on any atom is 0.460 e. The molecule has 0 aromatic heterocycles. The van der Waals surface area contributed by atoms with Crippen LogP contribution < -0.4 is 0 Å². The van der Waals surface area contributed by atoms with Crippen molar-refractivity contribution in [3.05, 3.63) is 42.0 Å². The molecule has 0 bridgehead atoms. The van der Waals surface area contributed by atoms with Gasteiger partial charge in [0.25, 0.3) is 0 Å². The van der Waals surface area contributed by atoms with Gasteiger partial charge in [0.1, 0.15) is 0 Å². The minimum Gasteiger partial charge on any atom is -0.195 e. The average molecular weight is 448 g/mol. The van der Waals surface area contributed by atoms with Crippen LogP contribution in [0.3, 0.4) is 0 Å². The SMILES string of the molecule is FC(F)(F)C(F)(F)C(F)(F)C(F)(F)/C=C(/I)c1ccccc1. The van der Waals surface area contributed by atoms with Crippen LogP contribution in [-0.4, -0.2) is 23.9 Å². The Labute approximate surface area is 132 Å². The van der Waals surface area contributed by atoms with Gasteiger partial charge < -0.3 is 0 Å². The fourth-order valence-corrected chi connectivity index (χ4v) is 2.07. The molecule has 0 unspecified atom stereocenters. The average Bonchev–Trinajstić information content (AvgIpc) is 2.37. The summed E-state index contributed by atoms with van der Waals surface area (Å²) < 4.78 is 113. The summed E-state index contributed by atoms with van der Waals surface area (Å²) in [6.07, 6.45) is -7.42. The number of alkyl halides is 9. The fourth-order valence-electron chi connectivity index (χ4n) is 1.32. The molecule has 0 amide bonds. The highest BCUT2D eigenvalue weighted by molar-refractivity contribution is 14.1. The molecule has 0 spiro atoms. The van der Waals surface area contributed by atoms with Gasteiger partial charge >= 0.3 is 23.9 Å². The Morgan fingerprint density at radius 3 is 1.64 bits per heavy atom. The second-order valence-electron chi connectivity index (χ2n) is 4.13. The van der Waals surface area contributed by atoms with Crippen LogP contribution in [0, 0.1) is 0 Å². The molecule has 10 heteroatoms. The topological polar surface area (TPSA) is 0 Å². The van der Waals surface area contributed by atoms with E-state index in [4.69, 9.17) is 0 Å². The second kappa shape index (κ2) is 5.93. The van der Waals surface area contributed by atoms with Gasteiger partial charge in [-0.1, -0.05) is 30.3 Å². The Kier molecular flexibility index (Phi) is 5.15. The number of allylic oxidation sites excluding steroid dienone is 1. The zero-order valence-electron chi connectivity index (χ0n) is 10.2. The molecule has 0 atom stereocenters. The molecule has 0 fully saturated rings. The number of halogens is 10. The van der Waals surface area contributed by atoms with Crippen LogP contribution in [0.2, 0.25) is 0 Å². The first-order valence-electron chi connectivity index (χ1n) is 5.38. The van der Waals surface area contributed by atoms with Gasteiger partial charge in [-0.05, 0) is 28.2 Å². The molecule has 0 N–H and O–H groups in total. The highest BCUT2D eigenvalue weighted by atomic mass is 127. The quantitative estimate of drug-likeness (QED) is 0.396. The van der Waals surface area contributed by atoms with E-state index in [9.17, 15) is 39.5 Å². The predicted octanol–water partition coefficient (Wildman–Crippen LogP) is 5.93. The van der Waals surface area contributed by atoms with Crippen molar-refractivity contribution >= 4 is 26.2 Å². The van der Waals surface area contributed by atoms with Crippen LogP contribution in [0.5, 0.6) is 0 Å². The first-order chi connectivity index (χ1) is 9.74. The Morgan fingerprint density at radius 2 is 1.23 bits per heavy atom. The molecule has 0 radical (unpaired) electrons. The lowest BCUT2D eigenvalue weighted by Gasteiger charge is -2.32. The summed E-state index contributed by atoms with van der Waals surface area (Å²) in [5.41, 5.74) is -0.0334. The van der Waals surface area contributed by atoms with Gasteiger partial charge in [0.2, 0.25) is 0 Å². The van der Waals surface area contributed by atoms with E-state index in [1.807, 2.05) is 0 Å². The third-order valence-electron chi connectivity index (χ3n) is 2.53. The molecule has 0 saturated heterocycles. The Balaban J connectivity index is 3.28. The van der Waals surface area contributed by atoms with E-state index in [1.165, 1.54) is 30.3 Å². The summed E-state index contributed by atoms with van der Waals surface area (Å²) in [6, 6.07) is 6.58. The van der Waals surface area contributed by atoms with Gasteiger partial charge in [-0.3, -0.25) is 0 Å². The van der Waals surface area contributed by atoms with Gasteiger partial charge in [-0.2, -0.15) is 39.5 Å². The lowest BCUT2D eigenvalue weighted by Crippen LogP contribution is -2.60. The first-order valence-corrected chi connectivity index (χ1v) is 6.46. The van der Waals surface area contributed by atoms with E-state index in [1.54, 1.807) is 0 Å². The van der Waals surface area contributed by atoms with Crippen molar-refractivity contribution in [1.29, 1.82) is 0 Å². The molecule has 1 aromatic carbocycles. The largest absolute Gasteiger partial charge is 0.460 e. The zero-order chi connectivity index (χ0) is 17.4. The van der Waals surface area contributed by atoms with Crippen molar-refractivity contribution < 1.29 is 39.5 Å². The third kappa shape index (κ3) is 3.35. The lowest BCUT2D eigenvalue weighted by molar-refractivity contribution is -0.388. The van der Waals surface area contributed by atoms with Crippen LogP contribution in [0.1, 0.15) is 5.56 Å². The molecule has 22 heavy (non-hydrogen) atoms. The van der Waals surface area contributed by atoms with Crippen molar-refractivity contribution in [2.45, 2.75) is 23.9 Å². The molecule has 0 aliphatic heterocycles. The summed E-state index contributed by atoms with van der Waals surface area (Å²) in [7, 11) is 0. The molecule has 0 saturated carbocycles. The zero-order valence-corrected chi connectivity index (χ0v) is 12.4. The van der Waals surface area contributed by atoms with Gasteiger partial charge in [-0.25, -0.2) is 0 Å². The molecule has 0 aliphatic rings. The van der Waals surface area contributed by atoms with E-state index >= 15 is 0 Å². The van der Waals surface area contributed by atoms with E-state index in [-0.39, 0.29) is 5.56 Å². The van der Waals surface area contributed by atoms with Gasteiger partial charge in [-0.15, -0.1) is 0 Å². The Morgan fingerprint density at radius 1 is 0.773 bits per heavy atom. The van der Waals surface area contributed by atoms with Crippen LogP contribution in [-0.2, 0) is 0 Å². The number of rotatable bonds is 4. The summed E-state index contributed by atoms with van der Waals surface area (Å²) in [4.78, 5) is 0. The smallest absolute Gasteiger partial charge is 0.195 e. The molecule has 0 heterocycles. The maximum atomic E-state index is 13.4. The van der Waals surface area contributed by atoms with Crippen molar-refractivity contribution in [1.82, 2.24) is 0 Å². The normalized spacial score (nSPS) is 15.1. The maximum absolute atomic E-state index is 13.4. The standard InChI is InChI=1S/C12H6F9I/c13-9(14,6-8(22)7-4-2-1-3-5-7)10(15,16)11(17,18)12(19,20)21/h1-6H/b8-6+. The van der Waals surface area contributed by atoms with E-state index < -0.39 is 33.6 Å². The third-order valence-corrected chi connectivity index (χ3v) is 3.46. The number of benzene rings is 1. The Bertz CT molecular complexity index is 545. The van der Waals surface area contributed by atoms with Crippen molar-refractivity contribution in [3.8, 4) is 0 Å². The molecule has 0 nitrogen and oxygen atoms in total. The molecule has 124 valence electrons. The van der Waals surface area contributed by atoms with Crippen LogP contribution in [0.15, 0.2) is 36.4 Å². The first kappa shape index (κ1) is 19.1. The molecular formula is C12H6F9I. The van der Waals surface area contributed by atoms with E-state index in [0.29, 0.717) is 0 Å². The van der Waals surface area contributed by atoms with Gasteiger partial charge in [0.15, 0.2) is 0 Å². The predicted molar refractivity (Wildman–Crippen MR) is 69.3 cm³/mol. The number of hydrogen-bond donors (Lipinski definition) is 0. The minimum absolute atomic E-state index is 0.0334. The van der Waals surface area contributed by atoms with E-state index in [0.717, 1.165) is 22.6 Å². The molecule has 0 aliphatic carbocycles. The minimum atomic E-state index is -6.88. The van der Waals surface area contributed by atoms with Gasteiger partial charge in [0, 0.05) is 9.66 Å². The highest BCUT2D eigenvalue weighted by Gasteiger charge is 2.81. The molecule has 1 aromatic rings. The molecule has 1 rings (SSSR count). The lowest BCUT2D eigenvalue weighted by atomic mass is 10.0. The van der Waals surface area contributed by atoms with Crippen LogP contribution >= 0.6 is 22.6 Å². The monoisotopic (exact) mass is 448 g/mol.